The van der Waals surface area contributed by atoms with Gasteiger partial charge in [0.25, 0.3) is 0 Å². The first-order valence-electron chi connectivity index (χ1n) is 14.2. The maximum absolute atomic E-state index is 5.34. The van der Waals surface area contributed by atoms with Crippen LogP contribution in [0.2, 0.25) is 0 Å². The maximum Gasteiger partial charge on any atom is 0.238 e. The molecular formula is C37H27N5. The lowest BCUT2D eigenvalue weighted by Crippen LogP contribution is -2.26. The van der Waals surface area contributed by atoms with Crippen LogP contribution in [0.4, 0.5) is 5.69 Å². The zero-order valence-electron chi connectivity index (χ0n) is 23.4. The number of aliphatic imine (C=N–C) groups is 1. The van der Waals surface area contributed by atoms with E-state index in [0.29, 0.717) is 17.6 Å². The molecule has 0 amide bonds. The third-order valence-corrected chi connectivity index (χ3v) is 8.23. The lowest BCUT2D eigenvalue weighted by Gasteiger charge is -2.22. The van der Waals surface area contributed by atoms with E-state index in [1.54, 1.807) is 0 Å². The largest absolute Gasteiger partial charge is 0.278 e. The van der Waals surface area contributed by atoms with E-state index in [1.165, 1.54) is 5.56 Å². The van der Waals surface area contributed by atoms with Crippen molar-refractivity contribution >= 4 is 33.2 Å². The van der Waals surface area contributed by atoms with Crippen molar-refractivity contribution in [1.82, 2.24) is 19.5 Å². The van der Waals surface area contributed by atoms with E-state index in [0.717, 1.165) is 49.9 Å². The van der Waals surface area contributed by atoms with Gasteiger partial charge in [0.15, 0.2) is 11.6 Å². The molecule has 5 nitrogen and oxygen atoms in total. The Bertz CT molecular complexity index is 2090. The molecule has 8 rings (SSSR count). The SMILES string of the molecule is CC1(C)C(c2ccccc2)=Nc2c1ccc1c2c2ccccc2n1-c1nc(-c2ccccc2)nc(-c2ccccc2)n1. The summed E-state index contributed by atoms with van der Waals surface area (Å²) in [5.41, 5.74) is 8.18. The van der Waals surface area contributed by atoms with Gasteiger partial charge < -0.3 is 0 Å². The molecule has 1 aliphatic rings. The second kappa shape index (κ2) is 9.32. The Morgan fingerprint density at radius 1 is 0.524 bits per heavy atom. The molecule has 3 heterocycles. The fourth-order valence-corrected chi connectivity index (χ4v) is 6.18. The number of benzene rings is 5. The van der Waals surface area contributed by atoms with Crippen LogP contribution in [0.3, 0.4) is 0 Å². The van der Waals surface area contributed by atoms with Crippen molar-refractivity contribution < 1.29 is 0 Å². The molecule has 0 atom stereocenters. The average molecular weight is 542 g/mol. The molecule has 0 saturated heterocycles. The fraction of sp³-hybridized carbons (Fsp3) is 0.0811. The summed E-state index contributed by atoms with van der Waals surface area (Å²) in [5, 5.41) is 2.24. The number of para-hydroxylation sites is 1. The minimum atomic E-state index is -0.234. The van der Waals surface area contributed by atoms with Crippen molar-refractivity contribution in [3.8, 4) is 28.7 Å². The van der Waals surface area contributed by atoms with Gasteiger partial charge in [-0.15, -0.1) is 0 Å². The van der Waals surface area contributed by atoms with E-state index in [-0.39, 0.29) is 5.41 Å². The van der Waals surface area contributed by atoms with Crippen LogP contribution >= 0.6 is 0 Å². The molecule has 200 valence electrons. The van der Waals surface area contributed by atoms with E-state index in [9.17, 15) is 0 Å². The van der Waals surface area contributed by atoms with Crippen LogP contribution in [0.1, 0.15) is 25.0 Å². The standard InChI is InChI=1S/C37H27N5/c1-37(2)28-22-23-30-31(32(28)38-33(37)24-14-6-3-7-15-24)27-20-12-13-21-29(27)42(30)36-40-34(25-16-8-4-9-17-25)39-35(41-36)26-18-10-5-11-19-26/h3-23H,1-2H3. The zero-order chi connectivity index (χ0) is 28.3. The molecule has 0 unspecified atom stereocenters. The molecular weight excluding hydrogens is 514 g/mol. The van der Waals surface area contributed by atoms with Crippen LogP contribution in [-0.2, 0) is 5.41 Å². The highest BCUT2D eigenvalue weighted by Gasteiger charge is 2.37. The van der Waals surface area contributed by atoms with Gasteiger partial charge in [0, 0.05) is 27.3 Å². The van der Waals surface area contributed by atoms with Crippen LogP contribution in [0.25, 0.3) is 50.5 Å². The number of aromatic nitrogens is 4. The van der Waals surface area contributed by atoms with E-state index in [4.69, 9.17) is 19.9 Å². The van der Waals surface area contributed by atoms with Crippen molar-refractivity contribution in [1.29, 1.82) is 0 Å². The zero-order valence-corrected chi connectivity index (χ0v) is 23.4. The van der Waals surface area contributed by atoms with Crippen LogP contribution in [0, 0.1) is 0 Å². The highest BCUT2D eigenvalue weighted by Crippen LogP contribution is 2.48. The van der Waals surface area contributed by atoms with Gasteiger partial charge >= 0.3 is 0 Å². The number of nitrogens with zero attached hydrogens (tertiary/aromatic N) is 5. The number of rotatable bonds is 4. The van der Waals surface area contributed by atoms with Crippen LogP contribution in [0.15, 0.2) is 132 Å². The average Bonchev–Trinajstić information content (AvgIpc) is 3.53. The lowest BCUT2D eigenvalue weighted by molar-refractivity contribution is 0.738. The van der Waals surface area contributed by atoms with Gasteiger partial charge in [-0.2, -0.15) is 9.97 Å². The minimum absolute atomic E-state index is 0.234. The van der Waals surface area contributed by atoms with Gasteiger partial charge in [0.05, 0.1) is 22.4 Å². The molecule has 2 aromatic heterocycles. The highest BCUT2D eigenvalue weighted by atomic mass is 15.2. The smallest absolute Gasteiger partial charge is 0.238 e. The molecule has 5 heteroatoms. The quantitative estimate of drug-likeness (QED) is 0.224. The van der Waals surface area contributed by atoms with Crippen molar-refractivity contribution in [2.45, 2.75) is 19.3 Å². The third-order valence-electron chi connectivity index (χ3n) is 8.23. The van der Waals surface area contributed by atoms with Gasteiger partial charge in [-0.1, -0.05) is 129 Å². The highest BCUT2D eigenvalue weighted by molar-refractivity contribution is 6.21. The van der Waals surface area contributed by atoms with Crippen LogP contribution in [0.5, 0.6) is 0 Å². The monoisotopic (exact) mass is 541 g/mol. The molecule has 0 bridgehead atoms. The molecule has 0 fully saturated rings. The molecule has 0 N–H and O–H groups in total. The summed E-state index contributed by atoms with van der Waals surface area (Å²) in [5.74, 6) is 1.85. The van der Waals surface area contributed by atoms with Crippen molar-refractivity contribution in [3.05, 3.63) is 139 Å². The Balaban J connectivity index is 1.43. The predicted octanol–water partition coefficient (Wildman–Crippen LogP) is 8.71. The summed E-state index contributed by atoms with van der Waals surface area (Å²) in [6.07, 6.45) is 0. The summed E-state index contributed by atoms with van der Waals surface area (Å²) in [4.78, 5) is 20.4. The first-order valence-corrected chi connectivity index (χ1v) is 14.2. The van der Waals surface area contributed by atoms with Crippen molar-refractivity contribution in [2.24, 2.45) is 4.99 Å². The number of hydrogen-bond donors (Lipinski definition) is 0. The minimum Gasteiger partial charge on any atom is -0.278 e. The normalized spacial score (nSPS) is 13.8. The van der Waals surface area contributed by atoms with Crippen molar-refractivity contribution in [3.63, 3.8) is 0 Å². The Morgan fingerprint density at radius 3 is 1.69 bits per heavy atom. The molecule has 0 saturated carbocycles. The Morgan fingerprint density at radius 2 is 1.07 bits per heavy atom. The molecule has 0 spiro atoms. The van der Waals surface area contributed by atoms with Gasteiger partial charge in [-0.05, 0) is 23.3 Å². The lowest BCUT2D eigenvalue weighted by atomic mass is 9.78. The summed E-state index contributed by atoms with van der Waals surface area (Å²) in [6.45, 7) is 4.53. The Kier molecular flexibility index (Phi) is 5.41. The second-order valence-electron chi connectivity index (χ2n) is 11.2. The number of hydrogen-bond acceptors (Lipinski definition) is 4. The summed E-state index contributed by atoms with van der Waals surface area (Å²) in [7, 11) is 0. The van der Waals surface area contributed by atoms with Gasteiger partial charge in [0.2, 0.25) is 5.95 Å². The Hall–Kier alpha value is -5.42. The fourth-order valence-electron chi connectivity index (χ4n) is 6.18. The van der Waals surface area contributed by atoms with Gasteiger partial charge in [0.1, 0.15) is 0 Å². The summed E-state index contributed by atoms with van der Waals surface area (Å²) >= 11 is 0. The first kappa shape index (κ1) is 24.4. The molecule has 42 heavy (non-hydrogen) atoms. The van der Waals surface area contributed by atoms with Crippen molar-refractivity contribution in [2.75, 3.05) is 0 Å². The topological polar surface area (TPSA) is 56.0 Å². The predicted molar refractivity (Wildman–Crippen MR) is 171 cm³/mol. The number of fused-ring (bicyclic) bond motifs is 5. The molecule has 1 aliphatic heterocycles. The Labute approximate surface area is 243 Å². The van der Waals surface area contributed by atoms with Crippen LogP contribution in [-0.4, -0.2) is 25.2 Å². The van der Waals surface area contributed by atoms with Crippen LogP contribution < -0.4 is 0 Å². The maximum atomic E-state index is 5.34. The van der Waals surface area contributed by atoms with E-state index < -0.39 is 0 Å². The summed E-state index contributed by atoms with van der Waals surface area (Å²) < 4.78 is 2.16. The third kappa shape index (κ3) is 3.71. The second-order valence-corrected chi connectivity index (χ2v) is 11.2. The van der Waals surface area contributed by atoms with E-state index in [1.807, 2.05) is 66.7 Å². The van der Waals surface area contributed by atoms with Gasteiger partial charge in [-0.3, -0.25) is 9.56 Å². The molecule has 5 aromatic carbocycles. The van der Waals surface area contributed by atoms with E-state index in [2.05, 4.69) is 79.1 Å². The first-order chi connectivity index (χ1) is 20.6. The van der Waals surface area contributed by atoms with E-state index >= 15 is 0 Å². The van der Waals surface area contributed by atoms with Gasteiger partial charge in [-0.25, -0.2) is 4.98 Å². The summed E-state index contributed by atoms with van der Waals surface area (Å²) in [6, 6.07) is 43.6. The molecule has 0 aliphatic carbocycles. The molecule has 0 radical (unpaired) electrons. The molecule has 7 aromatic rings.